The summed E-state index contributed by atoms with van der Waals surface area (Å²) in [5.41, 5.74) is 0.942. The average molecular weight is 383 g/mol. The molecule has 1 amide bonds. The normalized spacial score (nSPS) is 11.7. The van der Waals surface area contributed by atoms with Crippen LogP contribution in [0.4, 0.5) is 0 Å². The summed E-state index contributed by atoms with van der Waals surface area (Å²) in [6.45, 7) is -0.351. The molecule has 1 atom stereocenters. The standard InChI is InChI=1S/C19H17N3O4S/c23-17(20-15(19(25)26)11-13-5-2-1-3-6-13)12-22-18(24)9-8-14(21-22)16-7-4-10-27-16/h1-10,15H,11-12H2,(H,20,23)(H,25,26)/t15-/m0/s1. The van der Waals surface area contributed by atoms with E-state index in [-0.39, 0.29) is 13.0 Å². The molecule has 2 aromatic heterocycles. The second kappa shape index (κ2) is 8.41. The van der Waals surface area contributed by atoms with Gasteiger partial charge in [-0.1, -0.05) is 36.4 Å². The van der Waals surface area contributed by atoms with Crippen molar-refractivity contribution in [2.45, 2.75) is 19.0 Å². The van der Waals surface area contributed by atoms with Crippen molar-refractivity contribution in [3.8, 4) is 10.6 Å². The highest BCUT2D eigenvalue weighted by Crippen LogP contribution is 2.20. The van der Waals surface area contributed by atoms with Gasteiger partial charge in [0.2, 0.25) is 5.91 Å². The number of aliphatic carboxylic acids is 1. The number of carbonyl (C=O) groups is 2. The SMILES string of the molecule is O=C(Cn1nc(-c2cccs2)ccc1=O)N[C@@H](Cc1ccccc1)C(=O)O. The Labute approximate surface area is 158 Å². The Kier molecular flexibility index (Phi) is 5.77. The maximum absolute atomic E-state index is 12.3. The molecule has 0 radical (unpaired) electrons. The van der Waals surface area contributed by atoms with Crippen LogP contribution in [0.25, 0.3) is 10.6 Å². The summed E-state index contributed by atoms with van der Waals surface area (Å²) in [6, 6.07) is 14.6. The number of nitrogens with zero attached hydrogens (tertiary/aromatic N) is 2. The largest absolute Gasteiger partial charge is 0.480 e. The molecule has 8 heteroatoms. The Hall–Kier alpha value is -3.26. The van der Waals surface area contributed by atoms with Gasteiger partial charge >= 0.3 is 5.97 Å². The molecule has 27 heavy (non-hydrogen) atoms. The number of aromatic nitrogens is 2. The molecule has 2 heterocycles. The van der Waals surface area contributed by atoms with Crippen LogP contribution in [0.15, 0.2) is 64.8 Å². The van der Waals surface area contributed by atoms with Gasteiger partial charge in [0, 0.05) is 12.5 Å². The highest BCUT2D eigenvalue weighted by atomic mass is 32.1. The Bertz CT molecular complexity index is 984. The number of hydrogen-bond donors (Lipinski definition) is 2. The summed E-state index contributed by atoms with van der Waals surface area (Å²) < 4.78 is 1.03. The Balaban J connectivity index is 1.71. The number of thiophene rings is 1. The first-order chi connectivity index (χ1) is 13.0. The molecule has 0 unspecified atom stereocenters. The number of carboxylic acids is 1. The number of carboxylic acid groups (broad SMARTS) is 1. The van der Waals surface area contributed by atoms with Gasteiger partial charge in [0.05, 0.1) is 4.88 Å². The van der Waals surface area contributed by atoms with Gasteiger partial charge in [-0.3, -0.25) is 9.59 Å². The van der Waals surface area contributed by atoms with Gasteiger partial charge in [0.25, 0.3) is 5.56 Å². The second-order valence-electron chi connectivity index (χ2n) is 5.84. The molecule has 3 rings (SSSR count). The van der Waals surface area contributed by atoms with Crippen LogP contribution in [-0.4, -0.2) is 32.8 Å². The lowest BCUT2D eigenvalue weighted by atomic mass is 10.1. The summed E-state index contributed by atoms with van der Waals surface area (Å²) >= 11 is 1.47. The Morgan fingerprint density at radius 1 is 1.11 bits per heavy atom. The van der Waals surface area contributed by atoms with E-state index in [4.69, 9.17) is 0 Å². The van der Waals surface area contributed by atoms with Crippen molar-refractivity contribution >= 4 is 23.2 Å². The van der Waals surface area contributed by atoms with Crippen LogP contribution in [-0.2, 0) is 22.6 Å². The quantitative estimate of drug-likeness (QED) is 0.648. The molecule has 0 saturated carbocycles. The first-order valence-corrected chi connectivity index (χ1v) is 9.09. The van der Waals surface area contributed by atoms with Crippen molar-refractivity contribution in [1.82, 2.24) is 15.1 Å². The predicted octanol–water partition coefficient (Wildman–Crippen LogP) is 1.78. The molecule has 7 nitrogen and oxygen atoms in total. The number of rotatable bonds is 7. The van der Waals surface area contributed by atoms with Crippen molar-refractivity contribution in [2.24, 2.45) is 0 Å². The molecular weight excluding hydrogens is 366 g/mol. The fourth-order valence-corrected chi connectivity index (χ4v) is 3.23. The first kappa shape index (κ1) is 18.5. The Morgan fingerprint density at radius 2 is 1.89 bits per heavy atom. The summed E-state index contributed by atoms with van der Waals surface area (Å²) in [5.74, 6) is -1.73. The molecule has 0 fully saturated rings. The summed E-state index contributed by atoms with van der Waals surface area (Å²) in [6.07, 6.45) is 0.152. The minimum Gasteiger partial charge on any atom is -0.480 e. The predicted molar refractivity (Wildman–Crippen MR) is 102 cm³/mol. The van der Waals surface area contributed by atoms with Crippen LogP contribution < -0.4 is 10.9 Å². The van der Waals surface area contributed by atoms with Gasteiger partial charge in [0.15, 0.2) is 0 Å². The van der Waals surface area contributed by atoms with Crippen LogP contribution in [0.1, 0.15) is 5.56 Å². The van der Waals surface area contributed by atoms with E-state index in [0.717, 1.165) is 15.1 Å². The van der Waals surface area contributed by atoms with E-state index in [1.54, 1.807) is 30.3 Å². The third-order valence-corrected chi connectivity index (χ3v) is 4.74. The van der Waals surface area contributed by atoms with E-state index in [2.05, 4.69) is 10.4 Å². The molecule has 1 aromatic carbocycles. The van der Waals surface area contributed by atoms with Crippen LogP contribution in [0, 0.1) is 0 Å². The number of hydrogen-bond acceptors (Lipinski definition) is 5. The van der Waals surface area contributed by atoms with Gasteiger partial charge in [-0.25, -0.2) is 9.48 Å². The average Bonchev–Trinajstić information content (AvgIpc) is 3.18. The number of benzene rings is 1. The first-order valence-electron chi connectivity index (χ1n) is 8.21. The van der Waals surface area contributed by atoms with Gasteiger partial charge in [0.1, 0.15) is 18.3 Å². The zero-order valence-electron chi connectivity index (χ0n) is 14.2. The maximum Gasteiger partial charge on any atom is 0.326 e. The maximum atomic E-state index is 12.3. The fraction of sp³-hybridized carbons (Fsp3) is 0.158. The molecule has 0 bridgehead atoms. The van der Waals surface area contributed by atoms with E-state index in [9.17, 15) is 19.5 Å². The number of amides is 1. The van der Waals surface area contributed by atoms with Gasteiger partial charge in [-0.15, -0.1) is 11.3 Å². The molecule has 138 valence electrons. The highest BCUT2D eigenvalue weighted by molar-refractivity contribution is 7.13. The zero-order valence-corrected chi connectivity index (χ0v) is 15.1. The number of carbonyl (C=O) groups excluding carboxylic acids is 1. The third kappa shape index (κ3) is 4.89. The summed E-state index contributed by atoms with van der Waals surface area (Å²) in [4.78, 5) is 36.6. The molecule has 0 saturated heterocycles. The van der Waals surface area contributed by atoms with Crippen molar-refractivity contribution in [1.29, 1.82) is 0 Å². The molecule has 0 spiro atoms. The van der Waals surface area contributed by atoms with Crippen molar-refractivity contribution in [3.05, 3.63) is 75.9 Å². The molecule has 3 aromatic rings. The summed E-state index contributed by atoms with van der Waals surface area (Å²) in [5, 5.41) is 17.9. The third-order valence-electron chi connectivity index (χ3n) is 3.85. The molecular formula is C19H17N3O4S. The summed E-state index contributed by atoms with van der Waals surface area (Å²) in [7, 11) is 0. The molecule has 0 aliphatic carbocycles. The van der Waals surface area contributed by atoms with Crippen LogP contribution in [0.3, 0.4) is 0 Å². The van der Waals surface area contributed by atoms with E-state index in [0.29, 0.717) is 5.69 Å². The van der Waals surface area contributed by atoms with E-state index >= 15 is 0 Å². The lowest BCUT2D eigenvalue weighted by Crippen LogP contribution is -2.44. The zero-order chi connectivity index (χ0) is 19.2. The van der Waals surface area contributed by atoms with Gasteiger partial charge in [-0.05, 0) is 23.1 Å². The number of nitrogens with one attached hydrogen (secondary N) is 1. The van der Waals surface area contributed by atoms with Crippen LogP contribution in [0.5, 0.6) is 0 Å². The van der Waals surface area contributed by atoms with Gasteiger partial charge in [-0.2, -0.15) is 5.10 Å². The Morgan fingerprint density at radius 3 is 2.56 bits per heavy atom. The van der Waals surface area contributed by atoms with Crippen LogP contribution >= 0.6 is 11.3 Å². The highest BCUT2D eigenvalue weighted by Gasteiger charge is 2.21. The van der Waals surface area contributed by atoms with Crippen LogP contribution in [0.2, 0.25) is 0 Å². The second-order valence-corrected chi connectivity index (χ2v) is 6.79. The molecule has 0 aliphatic heterocycles. The molecule has 2 N–H and O–H groups in total. The van der Waals surface area contributed by atoms with Gasteiger partial charge < -0.3 is 10.4 Å². The van der Waals surface area contributed by atoms with Crippen molar-refractivity contribution in [3.63, 3.8) is 0 Å². The minimum absolute atomic E-state index is 0.152. The van der Waals surface area contributed by atoms with Crippen molar-refractivity contribution < 1.29 is 14.7 Å². The lowest BCUT2D eigenvalue weighted by molar-refractivity contribution is -0.141. The van der Waals surface area contributed by atoms with E-state index < -0.39 is 23.5 Å². The van der Waals surface area contributed by atoms with E-state index in [1.165, 1.54) is 17.4 Å². The smallest absolute Gasteiger partial charge is 0.326 e. The van der Waals surface area contributed by atoms with Crippen molar-refractivity contribution in [2.75, 3.05) is 0 Å². The monoisotopic (exact) mass is 383 g/mol. The van der Waals surface area contributed by atoms with E-state index in [1.807, 2.05) is 23.6 Å². The molecule has 0 aliphatic rings. The fourth-order valence-electron chi connectivity index (χ4n) is 2.54. The topological polar surface area (TPSA) is 101 Å². The lowest BCUT2D eigenvalue weighted by Gasteiger charge is -2.15. The minimum atomic E-state index is -1.14.